The van der Waals surface area contributed by atoms with Crippen LogP contribution in [0.3, 0.4) is 0 Å². The predicted octanol–water partition coefficient (Wildman–Crippen LogP) is -2.96. The van der Waals surface area contributed by atoms with E-state index in [4.69, 9.17) is 5.73 Å². The fourth-order valence-corrected chi connectivity index (χ4v) is 0.486. The summed E-state index contributed by atoms with van der Waals surface area (Å²) in [4.78, 5) is 9.98. The minimum Gasteiger partial charge on any atom is -0.367 e. The van der Waals surface area contributed by atoms with Crippen LogP contribution in [0.25, 0.3) is 0 Å². The number of amides is 1. The molecule has 1 amide bonds. The number of carbonyl (C=O) groups excluding carboxylic acids is 1. The van der Waals surface area contributed by atoms with E-state index in [-0.39, 0.29) is 0 Å². The molecule has 1 unspecified atom stereocenters. The Morgan fingerprint density at radius 3 is 1.78 bits per heavy atom. The molecule has 1 atom stereocenters. The second-order valence-electron chi connectivity index (χ2n) is 1.41. The monoisotopic (exact) mass is 153 g/mol. The molecule has 0 saturated heterocycles. The van der Waals surface area contributed by atoms with Crippen LogP contribution in [0.2, 0.25) is 0 Å². The number of primary sulfonamides is 1. The van der Waals surface area contributed by atoms with Crippen molar-refractivity contribution in [3.63, 3.8) is 0 Å². The van der Waals surface area contributed by atoms with Crippen molar-refractivity contribution >= 4 is 15.9 Å². The Morgan fingerprint density at radius 2 is 1.78 bits per heavy atom. The summed E-state index contributed by atoms with van der Waals surface area (Å²) in [5.41, 5.74) is 9.21. The van der Waals surface area contributed by atoms with Gasteiger partial charge in [-0.1, -0.05) is 0 Å². The fraction of sp³-hybridized carbons (Fsp3) is 0.500. The molecule has 0 aromatic heterocycles. The highest BCUT2D eigenvalue weighted by Crippen LogP contribution is 1.82. The van der Waals surface area contributed by atoms with Crippen molar-refractivity contribution in [1.82, 2.24) is 0 Å². The lowest BCUT2D eigenvalue weighted by molar-refractivity contribution is -0.117. The summed E-state index contributed by atoms with van der Waals surface area (Å²) in [5.74, 6) is -1.16. The maximum absolute atomic E-state index is 10.1. The molecule has 6 nitrogen and oxygen atoms in total. The Bertz CT molecular complexity index is 207. The van der Waals surface area contributed by atoms with E-state index in [1.807, 2.05) is 0 Å². The van der Waals surface area contributed by atoms with Gasteiger partial charge in [0.2, 0.25) is 15.4 Å². The second kappa shape index (κ2) is 2.29. The van der Waals surface area contributed by atoms with Crippen LogP contribution >= 0.6 is 0 Å². The Hall–Kier alpha value is -0.660. The van der Waals surface area contributed by atoms with Crippen molar-refractivity contribution in [3.05, 3.63) is 0 Å². The van der Waals surface area contributed by atoms with Crippen molar-refractivity contribution in [1.29, 1.82) is 0 Å². The minimum absolute atomic E-state index is 1.16. The highest BCUT2D eigenvalue weighted by Gasteiger charge is 2.21. The third kappa shape index (κ3) is 2.40. The molecule has 0 fully saturated rings. The topological polar surface area (TPSA) is 129 Å². The molecule has 0 aromatic carbocycles. The zero-order valence-corrected chi connectivity index (χ0v) is 5.26. The third-order valence-electron chi connectivity index (χ3n) is 0.634. The van der Waals surface area contributed by atoms with Gasteiger partial charge in [-0.3, -0.25) is 4.79 Å². The lowest BCUT2D eigenvalue weighted by Crippen LogP contribution is -2.46. The molecule has 0 radical (unpaired) electrons. The molecule has 0 heterocycles. The van der Waals surface area contributed by atoms with Gasteiger partial charge in [0, 0.05) is 0 Å². The highest BCUT2D eigenvalue weighted by molar-refractivity contribution is 7.90. The Balaban J connectivity index is 4.43. The SMILES string of the molecule is NC(=O)C(N)S(N)(=O)=O. The van der Waals surface area contributed by atoms with E-state index in [2.05, 4.69) is 10.9 Å². The van der Waals surface area contributed by atoms with Crippen LogP contribution in [0.5, 0.6) is 0 Å². The molecule has 6 N–H and O–H groups in total. The zero-order valence-electron chi connectivity index (χ0n) is 4.44. The first-order chi connectivity index (χ1) is 3.85. The fourth-order valence-electron chi connectivity index (χ4n) is 0.162. The normalized spacial score (nSPS) is 14.9. The zero-order chi connectivity index (χ0) is 7.65. The van der Waals surface area contributed by atoms with Crippen LogP contribution in [0, 0.1) is 0 Å². The van der Waals surface area contributed by atoms with Gasteiger partial charge in [0.15, 0.2) is 0 Å². The van der Waals surface area contributed by atoms with Crippen LogP contribution in [-0.2, 0) is 14.8 Å². The Morgan fingerprint density at radius 1 is 1.44 bits per heavy atom. The molecule has 7 heteroatoms. The molecule has 0 bridgehead atoms. The summed E-state index contributed by atoms with van der Waals surface area (Å²) in [7, 11) is -4.00. The predicted molar refractivity (Wildman–Crippen MR) is 30.3 cm³/mol. The first kappa shape index (κ1) is 8.34. The number of hydrogen-bond acceptors (Lipinski definition) is 4. The third-order valence-corrected chi connectivity index (χ3v) is 1.57. The molecule has 9 heavy (non-hydrogen) atoms. The summed E-state index contributed by atoms with van der Waals surface area (Å²) >= 11 is 0. The summed E-state index contributed by atoms with van der Waals surface area (Å²) in [5, 5.41) is 2.63. The molecule has 54 valence electrons. The van der Waals surface area contributed by atoms with Crippen LogP contribution in [0.15, 0.2) is 0 Å². The lowest BCUT2D eigenvalue weighted by Gasteiger charge is -2.01. The van der Waals surface area contributed by atoms with Gasteiger partial charge in [0.25, 0.3) is 5.91 Å². The minimum atomic E-state index is -4.00. The second-order valence-corrected chi connectivity index (χ2v) is 3.10. The molecule has 0 aliphatic heterocycles. The van der Waals surface area contributed by atoms with E-state index in [0.717, 1.165) is 0 Å². The van der Waals surface area contributed by atoms with Crippen molar-refractivity contribution in [2.45, 2.75) is 5.37 Å². The molecule has 0 aliphatic carbocycles. The maximum Gasteiger partial charge on any atom is 0.251 e. The quantitative estimate of drug-likeness (QED) is 0.391. The summed E-state index contributed by atoms with van der Waals surface area (Å²) < 4.78 is 20.2. The largest absolute Gasteiger partial charge is 0.367 e. The van der Waals surface area contributed by atoms with E-state index in [9.17, 15) is 13.2 Å². The smallest absolute Gasteiger partial charge is 0.251 e. The Labute approximate surface area is 52.0 Å². The first-order valence-electron chi connectivity index (χ1n) is 1.92. The van der Waals surface area contributed by atoms with Gasteiger partial charge in [0.1, 0.15) is 0 Å². The highest BCUT2D eigenvalue weighted by atomic mass is 32.2. The van der Waals surface area contributed by atoms with E-state index < -0.39 is 21.3 Å². The van der Waals surface area contributed by atoms with Gasteiger partial charge in [0.05, 0.1) is 0 Å². The average molecular weight is 153 g/mol. The van der Waals surface area contributed by atoms with Crippen LogP contribution in [0.4, 0.5) is 0 Å². The number of nitrogens with two attached hydrogens (primary N) is 3. The standard InChI is InChI=1S/C2H7N3O3S/c3-1(6)2(4)9(5,7)8/h2H,4H2,(H2,3,6)(H2,5,7,8). The van der Waals surface area contributed by atoms with E-state index >= 15 is 0 Å². The van der Waals surface area contributed by atoms with Gasteiger partial charge in [-0.2, -0.15) is 0 Å². The molecule has 0 aromatic rings. The van der Waals surface area contributed by atoms with E-state index in [1.165, 1.54) is 0 Å². The lowest BCUT2D eigenvalue weighted by atomic mass is 10.6. The maximum atomic E-state index is 10.1. The van der Waals surface area contributed by atoms with Crippen molar-refractivity contribution in [2.24, 2.45) is 16.6 Å². The van der Waals surface area contributed by atoms with Crippen molar-refractivity contribution in [3.8, 4) is 0 Å². The molecule has 0 rings (SSSR count). The van der Waals surface area contributed by atoms with Crippen LogP contribution in [-0.4, -0.2) is 19.7 Å². The number of primary amides is 1. The summed E-state index contributed by atoms with van der Waals surface area (Å²) in [6.07, 6.45) is 0. The number of hydrogen-bond donors (Lipinski definition) is 3. The molecule has 0 saturated carbocycles. The number of rotatable bonds is 2. The average Bonchev–Trinajstić information content (AvgIpc) is 1.62. The van der Waals surface area contributed by atoms with Gasteiger partial charge in [-0.05, 0) is 0 Å². The van der Waals surface area contributed by atoms with E-state index in [0.29, 0.717) is 0 Å². The molecule has 0 aliphatic rings. The van der Waals surface area contributed by atoms with Crippen molar-refractivity contribution < 1.29 is 13.2 Å². The number of sulfonamides is 1. The van der Waals surface area contributed by atoms with Gasteiger partial charge >= 0.3 is 0 Å². The van der Waals surface area contributed by atoms with Crippen molar-refractivity contribution in [2.75, 3.05) is 0 Å². The summed E-state index contributed by atoms with van der Waals surface area (Å²) in [6.45, 7) is 0. The molecular formula is C2H7N3O3S. The van der Waals surface area contributed by atoms with Crippen LogP contribution in [0.1, 0.15) is 0 Å². The first-order valence-corrected chi connectivity index (χ1v) is 3.53. The molecule has 0 spiro atoms. The van der Waals surface area contributed by atoms with Gasteiger partial charge in [-0.15, -0.1) is 0 Å². The summed E-state index contributed by atoms with van der Waals surface area (Å²) in [6, 6.07) is 0. The molecular weight excluding hydrogens is 146 g/mol. The Kier molecular flexibility index (Phi) is 2.13. The van der Waals surface area contributed by atoms with Crippen LogP contribution < -0.4 is 16.6 Å². The number of carbonyl (C=O) groups is 1. The van der Waals surface area contributed by atoms with Gasteiger partial charge < -0.3 is 11.5 Å². The van der Waals surface area contributed by atoms with E-state index in [1.54, 1.807) is 0 Å². The van der Waals surface area contributed by atoms with Gasteiger partial charge in [-0.25, -0.2) is 13.6 Å².